The molecule has 214 valence electrons. The zero-order chi connectivity index (χ0) is 29.8. The number of imide groups is 1. The minimum Gasteiger partial charge on any atom is -0.452 e. The number of methoxy groups -OCH3 is 1. The van der Waals surface area contributed by atoms with Gasteiger partial charge in [0.1, 0.15) is 10.8 Å². The molecule has 1 aromatic carbocycles. The second-order valence-corrected chi connectivity index (χ2v) is 9.73. The normalized spacial score (nSPS) is 14.3. The van der Waals surface area contributed by atoms with Gasteiger partial charge in [-0.05, 0) is 31.0 Å². The predicted octanol–water partition coefficient (Wildman–Crippen LogP) is 7.55. The van der Waals surface area contributed by atoms with Crippen LogP contribution in [0.4, 0.5) is 35.5 Å². The summed E-state index contributed by atoms with van der Waals surface area (Å²) in [7, 11) is 1.11. The van der Waals surface area contributed by atoms with Gasteiger partial charge in [-0.3, -0.25) is 4.79 Å². The van der Waals surface area contributed by atoms with Crippen LogP contribution in [0.5, 0.6) is 0 Å². The Morgan fingerprint density at radius 3 is 2.02 bits per heavy atom. The number of nitrogens with zero attached hydrogens (tertiary/aromatic N) is 4. The molecule has 0 atom stereocenters. The van der Waals surface area contributed by atoms with Gasteiger partial charge >= 0.3 is 24.1 Å². The third kappa shape index (κ3) is 5.19. The first-order valence-corrected chi connectivity index (χ1v) is 12.1. The van der Waals surface area contributed by atoms with E-state index < -0.39 is 45.6 Å². The maximum Gasteiger partial charge on any atom is 0.435 e. The van der Waals surface area contributed by atoms with Gasteiger partial charge in [0.15, 0.2) is 0 Å². The lowest BCUT2D eigenvalue weighted by Gasteiger charge is -2.30. The van der Waals surface area contributed by atoms with Crippen LogP contribution in [0.1, 0.15) is 28.8 Å². The number of hydrogen-bond acceptors (Lipinski definition) is 5. The molecule has 0 bridgehead atoms. The molecule has 0 radical (unpaired) electrons. The molecule has 2 amide bonds. The Labute approximate surface area is 235 Å². The van der Waals surface area contributed by atoms with Crippen molar-refractivity contribution in [1.82, 2.24) is 19.7 Å². The summed E-state index contributed by atoms with van der Waals surface area (Å²) in [5, 5.41) is 2.21. The first-order valence-electron chi connectivity index (χ1n) is 11.0. The van der Waals surface area contributed by atoms with E-state index >= 15 is 0 Å². The predicted molar refractivity (Wildman–Crippen MR) is 128 cm³/mol. The summed E-state index contributed by atoms with van der Waals surface area (Å²) < 4.78 is 99.2. The molecule has 0 N–H and O–H groups in total. The summed E-state index contributed by atoms with van der Waals surface area (Å²) in [6.45, 7) is 0. The van der Waals surface area contributed by atoms with Gasteiger partial charge in [-0.25, -0.2) is 23.8 Å². The van der Waals surface area contributed by atoms with Crippen molar-refractivity contribution in [2.24, 2.45) is 0 Å². The highest BCUT2D eigenvalue weighted by Gasteiger charge is 2.73. The summed E-state index contributed by atoms with van der Waals surface area (Å²) in [5.41, 5.74) is -7.64. The molecule has 2 heterocycles. The number of rotatable bonds is 5. The number of hydrogen-bond donors (Lipinski definition) is 0. The molecule has 0 saturated heterocycles. The van der Waals surface area contributed by atoms with E-state index in [1.54, 1.807) is 0 Å². The highest BCUT2D eigenvalue weighted by atomic mass is 35.5. The molecule has 4 rings (SSSR count). The molecular formula is C23H14Cl3F7N4O3. The van der Waals surface area contributed by atoms with Gasteiger partial charge in [0.2, 0.25) is 0 Å². The van der Waals surface area contributed by atoms with Gasteiger partial charge in [-0.15, -0.1) is 0 Å². The number of amides is 2. The second-order valence-electron chi connectivity index (χ2n) is 8.55. The Morgan fingerprint density at radius 1 is 0.950 bits per heavy atom. The first kappa shape index (κ1) is 29.9. The SMILES string of the molecule is COC(=O)N(C(=O)c1cc(-c2cnn(-c3c(Cl)cc(C(F)(C(F)(F)F)C(F)(F)F)cc3Cl)c2)cnc1Cl)C1CC1. The van der Waals surface area contributed by atoms with Crippen LogP contribution in [-0.4, -0.2) is 57.2 Å². The lowest BCUT2D eigenvalue weighted by Crippen LogP contribution is -2.50. The maximum atomic E-state index is 14.5. The molecule has 1 saturated carbocycles. The Bertz CT molecular complexity index is 1450. The second kappa shape index (κ2) is 10.4. The van der Waals surface area contributed by atoms with Crippen molar-refractivity contribution in [3.05, 3.63) is 63.1 Å². The molecular weight excluding hydrogens is 620 g/mol. The van der Waals surface area contributed by atoms with Crippen LogP contribution in [-0.2, 0) is 10.4 Å². The molecule has 1 aliphatic rings. The van der Waals surface area contributed by atoms with E-state index in [1.807, 2.05) is 0 Å². The molecule has 0 unspecified atom stereocenters. The summed E-state index contributed by atoms with van der Waals surface area (Å²) in [6, 6.07) is 1.25. The zero-order valence-corrected chi connectivity index (χ0v) is 22.0. The summed E-state index contributed by atoms with van der Waals surface area (Å²) in [4.78, 5) is 30.0. The summed E-state index contributed by atoms with van der Waals surface area (Å²) in [5.74, 6) is -0.771. The van der Waals surface area contributed by atoms with Gasteiger partial charge in [0.25, 0.3) is 5.91 Å². The fourth-order valence-corrected chi connectivity index (χ4v) is 4.62. The zero-order valence-electron chi connectivity index (χ0n) is 19.7. The topological polar surface area (TPSA) is 77.3 Å². The van der Waals surface area contributed by atoms with Crippen LogP contribution in [0.3, 0.4) is 0 Å². The van der Waals surface area contributed by atoms with Crippen molar-refractivity contribution < 1.29 is 45.1 Å². The lowest BCUT2D eigenvalue weighted by molar-refractivity contribution is -0.348. The number of alkyl halides is 7. The third-order valence-corrected chi connectivity index (χ3v) is 6.79. The molecule has 40 heavy (non-hydrogen) atoms. The number of aromatic nitrogens is 3. The Hall–Kier alpha value is -3.10. The highest BCUT2D eigenvalue weighted by molar-refractivity contribution is 6.38. The molecule has 1 aliphatic carbocycles. The Morgan fingerprint density at radius 2 is 1.52 bits per heavy atom. The van der Waals surface area contributed by atoms with Crippen LogP contribution >= 0.6 is 34.8 Å². The quantitative estimate of drug-likeness (QED) is 0.214. The van der Waals surface area contributed by atoms with Gasteiger partial charge in [0.05, 0.1) is 28.9 Å². The van der Waals surface area contributed by atoms with Crippen molar-refractivity contribution in [1.29, 1.82) is 0 Å². The molecule has 0 aliphatic heterocycles. The number of carbonyl (C=O) groups excluding carboxylic acids is 2. The number of ether oxygens (including phenoxy) is 1. The van der Waals surface area contributed by atoms with Crippen molar-refractivity contribution >= 4 is 46.8 Å². The van der Waals surface area contributed by atoms with Gasteiger partial charge in [-0.1, -0.05) is 34.8 Å². The molecule has 2 aromatic heterocycles. The molecule has 17 heteroatoms. The molecule has 7 nitrogen and oxygen atoms in total. The Balaban J connectivity index is 1.72. The van der Waals surface area contributed by atoms with Gasteiger partial charge in [-0.2, -0.15) is 31.4 Å². The maximum absolute atomic E-state index is 14.5. The van der Waals surface area contributed by atoms with Crippen molar-refractivity contribution in [3.63, 3.8) is 0 Å². The largest absolute Gasteiger partial charge is 0.452 e. The van der Waals surface area contributed by atoms with E-state index in [1.165, 1.54) is 24.7 Å². The molecule has 3 aromatic rings. The number of carbonyl (C=O) groups is 2. The van der Waals surface area contributed by atoms with Crippen LogP contribution in [0.15, 0.2) is 36.8 Å². The molecule has 1 fully saturated rings. The van der Waals surface area contributed by atoms with E-state index in [-0.39, 0.29) is 45.7 Å². The average Bonchev–Trinajstić information content (AvgIpc) is 3.57. The summed E-state index contributed by atoms with van der Waals surface area (Å²) in [6.07, 6.45) is -8.79. The first-order chi connectivity index (χ1) is 18.5. The molecule has 0 spiro atoms. The van der Waals surface area contributed by atoms with E-state index in [4.69, 9.17) is 34.8 Å². The van der Waals surface area contributed by atoms with Crippen molar-refractivity contribution in [3.8, 4) is 16.8 Å². The minimum absolute atomic E-state index is 0.150. The fraction of sp³-hybridized carbons (Fsp3) is 0.304. The highest BCUT2D eigenvalue weighted by Crippen LogP contribution is 2.54. The monoisotopic (exact) mass is 632 g/mol. The third-order valence-electron chi connectivity index (χ3n) is 5.91. The summed E-state index contributed by atoms with van der Waals surface area (Å²) >= 11 is 18.0. The minimum atomic E-state index is -6.36. The standard InChI is InChI=1S/C23H14Cl3F7N4O3/c1-40-20(39)37(13-2-3-13)19(38)14-4-10(7-34-18(14)26)11-8-35-36(9-11)17-15(24)5-12(6-16(17)25)21(27,22(28,29)30)23(31,32)33/h4-9,13H,2-3H2,1H3. The van der Waals surface area contributed by atoms with Crippen molar-refractivity contribution in [2.75, 3.05) is 7.11 Å². The van der Waals surface area contributed by atoms with E-state index in [9.17, 15) is 40.3 Å². The van der Waals surface area contributed by atoms with Crippen LogP contribution in [0.25, 0.3) is 16.8 Å². The van der Waals surface area contributed by atoms with E-state index in [0.29, 0.717) is 12.8 Å². The smallest absolute Gasteiger partial charge is 0.435 e. The number of pyridine rings is 1. The fourth-order valence-electron chi connectivity index (χ4n) is 3.78. The number of benzene rings is 1. The van der Waals surface area contributed by atoms with Gasteiger partial charge in [0, 0.05) is 35.1 Å². The van der Waals surface area contributed by atoms with E-state index in [2.05, 4.69) is 14.8 Å². The lowest BCUT2D eigenvalue weighted by atomic mass is 9.94. The Kier molecular flexibility index (Phi) is 7.75. The average molecular weight is 634 g/mol. The van der Waals surface area contributed by atoms with Gasteiger partial charge < -0.3 is 4.74 Å². The number of halogens is 10. The van der Waals surface area contributed by atoms with Crippen molar-refractivity contribution in [2.45, 2.75) is 36.9 Å². The van der Waals surface area contributed by atoms with Crippen LogP contribution in [0, 0.1) is 0 Å². The van der Waals surface area contributed by atoms with Crippen LogP contribution in [0.2, 0.25) is 15.2 Å². The van der Waals surface area contributed by atoms with Crippen LogP contribution < -0.4 is 0 Å². The van der Waals surface area contributed by atoms with E-state index in [0.717, 1.165) is 16.7 Å².